The molecule has 0 amide bonds. The fraction of sp³-hybridized carbons (Fsp3) is 0.952. The molecule has 3 nitrogen and oxygen atoms in total. The molecule has 0 radical (unpaired) electrons. The fourth-order valence-electron chi connectivity index (χ4n) is 3.56. The Labute approximate surface area is 150 Å². The molecule has 24 heavy (non-hydrogen) atoms. The summed E-state index contributed by atoms with van der Waals surface area (Å²) >= 11 is 0. The van der Waals surface area contributed by atoms with Crippen molar-refractivity contribution in [2.75, 3.05) is 6.61 Å². The number of esters is 1. The second-order valence-electron chi connectivity index (χ2n) is 8.92. The zero-order valence-electron chi connectivity index (χ0n) is 17.6. The van der Waals surface area contributed by atoms with Gasteiger partial charge in [0, 0.05) is 0 Å². The van der Waals surface area contributed by atoms with E-state index in [0.717, 1.165) is 12.8 Å². The fourth-order valence-corrected chi connectivity index (χ4v) is 3.56. The van der Waals surface area contributed by atoms with Crippen LogP contribution in [0.2, 0.25) is 0 Å². The van der Waals surface area contributed by atoms with Crippen molar-refractivity contribution in [3.63, 3.8) is 0 Å². The molecule has 0 heterocycles. The maximum atomic E-state index is 13.0. The monoisotopic (exact) mass is 342 g/mol. The topological polar surface area (TPSA) is 46.5 Å². The van der Waals surface area contributed by atoms with E-state index in [4.69, 9.17) is 4.74 Å². The molecule has 0 rings (SSSR count). The summed E-state index contributed by atoms with van der Waals surface area (Å²) in [5.74, 6) is 1.73. The minimum absolute atomic E-state index is 0.105. The molecule has 0 aliphatic heterocycles. The minimum Gasteiger partial charge on any atom is -0.463 e. The van der Waals surface area contributed by atoms with E-state index in [1.54, 1.807) is 0 Å². The van der Waals surface area contributed by atoms with Crippen LogP contribution in [-0.2, 0) is 9.53 Å². The number of rotatable bonds is 11. The van der Waals surface area contributed by atoms with Gasteiger partial charge >= 0.3 is 5.97 Å². The van der Waals surface area contributed by atoms with E-state index < -0.39 is 11.5 Å². The van der Waals surface area contributed by atoms with Crippen molar-refractivity contribution in [1.82, 2.24) is 0 Å². The molecule has 4 unspecified atom stereocenters. The van der Waals surface area contributed by atoms with E-state index in [-0.39, 0.29) is 24.4 Å². The quantitative estimate of drug-likeness (QED) is 0.518. The summed E-state index contributed by atoms with van der Waals surface area (Å²) in [6, 6.07) is 0. The van der Waals surface area contributed by atoms with E-state index >= 15 is 0 Å². The molecule has 4 atom stereocenters. The number of hydrogen-bond donors (Lipinski definition) is 1. The van der Waals surface area contributed by atoms with E-state index in [1.165, 1.54) is 0 Å². The Morgan fingerprint density at radius 1 is 1.04 bits per heavy atom. The Morgan fingerprint density at radius 3 is 1.96 bits per heavy atom. The number of carbonyl (C=O) groups excluding carboxylic acids is 1. The lowest BCUT2D eigenvalue weighted by atomic mass is 9.62. The average Bonchev–Trinajstić information content (AvgIpc) is 2.47. The predicted molar refractivity (Wildman–Crippen MR) is 102 cm³/mol. The Hall–Kier alpha value is -0.570. The maximum absolute atomic E-state index is 13.0. The number of hydrogen-bond acceptors (Lipinski definition) is 3. The largest absolute Gasteiger partial charge is 0.463 e. The van der Waals surface area contributed by atoms with Crippen molar-refractivity contribution in [2.45, 2.75) is 87.7 Å². The van der Waals surface area contributed by atoms with Crippen molar-refractivity contribution < 1.29 is 14.6 Å². The lowest BCUT2D eigenvalue weighted by molar-refractivity contribution is -0.167. The van der Waals surface area contributed by atoms with Crippen molar-refractivity contribution in [3.05, 3.63) is 0 Å². The third-order valence-corrected chi connectivity index (χ3v) is 5.72. The zero-order valence-corrected chi connectivity index (χ0v) is 17.6. The molecule has 0 aliphatic rings. The molecule has 0 aromatic carbocycles. The summed E-state index contributed by atoms with van der Waals surface area (Å²) in [5.41, 5.74) is -0.519. The van der Waals surface area contributed by atoms with Gasteiger partial charge in [-0.15, -0.1) is 0 Å². The molecule has 0 aromatic rings. The number of aliphatic hydroxyl groups is 1. The van der Waals surface area contributed by atoms with Crippen LogP contribution in [0, 0.1) is 35.0 Å². The third kappa shape index (κ3) is 6.74. The van der Waals surface area contributed by atoms with Gasteiger partial charge in [0.15, 0.2) is 0 Å². The molecule has 3 heteroatoms. The minimum atomic E-state index is -0.572. The summed E-state index contributed by atoms with van der Waals surface area (Å²) in [6.45, 7) is 19.4. The number of carbonyl (C=O) groups is 1. The highest BCUT2D eigenvalue weighted by Crippen LogP contribution is 2.44. The van der Waals surface area contributed by atoms with Gasteiger partial charge in [-0.1, -0.05) is 61.8 Å². The first-order chi connectivity index (χ1) is 11.0. The van der Waals surface area contributed by atoms with Crippen LogP contribution in [0.25, 0.3) is 0 Å². The van der Waals surface area contributed by atoms with Gasteiger partial charge < -0.3 is 9.84 Å². The van der Waals surface area contributed by atoms with Gasteiger partial charge in [0.1, 0.15) is 6.61 Å². The summed E-state index contributed by atoms with van der Waals surface area (Å²) in [5, 5.41) is 10.0. The molecular formula is C21H42O3. The first-order valence-corrected chi connectivity index (χ1v) is 9.81. The molecule has 0 saturated heterocycles. The molecule has 0 aromatic heterocycles. The van der Waals surface area contributed by atoms with Crippen LogP contribution in [-0.4, -0.2) is 23.8 Å². The second kappa shape index (κ2) is 10.4. The molecule has 144 valence electrons. The maximum Gasteiger partial charge on any atom is 0.312 e. The molecule has 0 aliphatic carbocycles. The second-order valence-corrected chi connectivity index (χ2v) is 8.92. The van der Waals surface area contributed by atoms with Gasteiger partial charge in [0.2, 0.25) is 0 Å². The lowest BCUT2D eigenvalue weighted by Gasteiger charge is -2.42. The first-order valence-electron chi connectivity index (χ1n) is 9.81. The van der Waals surface area contributed by atoms with Crippen molar-refractivity contribution in [2.24, 2.45) is 35.0 Å². The SMILES string of the molecule is CCC(C)CC(C(C)C)C(C)(C(=O)OCC(O)CC(C)C)C(C)C. The van der Waals surface area contributed by atoms with E-state index in [2.05, 4.69) is 62.3 Å². The van der Waals surface area contributed by atoms with E-state index in [1.807, 2.05) is 0 Å². The number of aliphatic hydroxyl groups excluding tert-OH is 1. The molecule has 0 fully saturated rings. The lowest BCUT2D eigenvalue weighted by Crippen LogP contribution is -2.45. The van der Waals surface area contributed by atoms with E-state index in [9.17, 15) is 9.90 Å². The van der Waals surface area contributed by atoms with Crippen molar-refractivity contribution in [1.29, 1.82) is 0 Å². The first kappa shape index (κ1) is 23.4. The Morgan fingerprint density at radius 2 is 1.58 bits per heavy atom. The van der Waals surface area contributed by atoms with Gasteiger partial charge in [0.25, 0.3) is 0 Å². The summed E-state index contributed by atoms with van der Waals surface area (Å²) in [7, 11) is 0. The van der Waals surface area contributed by atoms with Crippen LogP contribution in [0.1, 0.15) is 81.6 Å². The van der Waals surface area contributed by atoms with Gasteiger partial charge in [-0.25, -0.2) is 0 Å². The van der Waals surface area contributed by atoms with Crippen molar-refractivity contribution in [3.8, 4) is 0 Å². The van der Waals surface area contributed by atoms with Gasteiger partial charge in [0.05, 0.1) is 11.5 Å². The highest BCUT2D eigenvalue weighted by molar-refractivity contribution is 5.77. The normalized spacial score (nSPS) is 18.5. The van der Waals surface area contributed by atoms with Crippen LogP contribution in [0.5, 0.6) is 0 Å². The van der Waals surface area contributed by atoms with Crippen LogP contribution in [0.15, 0.2) is 0 Å². The highest BCUT2D eigenvalue weighted by Gasteiger charge is 2.46. The van der Waals surface area contributed by atoms with Crippen LogP contribution >= 0.6 is 0 Å². The summed E-state index contributed by atoms with van der Waals surface area (Å²) in [4.78, 5) is 13.0. The molecule has 1 N–H and O–H groups in total. The van der Waals surface area contributed by atoms with Gasteiger partial charge in [-0.3, -0.25) is 4.79 Å². The predicted octanol–water partition coefficient (Wildman–Crippen LogP) is 5.31. The standard InChI is InChI=1S/C21H42O3/c1-10-17(8)12-19(15(4)5)21(9,16(6)7)20(23)24-13-18(22)11-14(2)3/h14-19,22H,10-13H2,1-9H3. The summed E-state index contributed by atoms with van der Waals surface area (Å²) in [6.07, 6.45) is 2.25. The molecule has 0 bridgehead atoms. The van der Waals surface area contributed by atoms with Crippen molar-refractivity contribution >= 4 is 5.97 Å². The van der Waals surface area contributed by atoms with Crippen LogP contribution in [0.4, 0.5) is 0 Å². The average molecular weight is 343 g/mol. The van der Waals surface area contributed by atoms with Gasteiger partial charge in [-0.2, -0.15) is 0 Å². The third-order valence-electron chi connectivity index (χ3n) is 5.72. The van der Waals surface area contributed by atoms with E-state index in [0.29, 0.717) is 24.2 Å². The molecule has 0 spiro atoms. The molecular weight excluding hydrogens is 300 g/mol. The van der Waals surface area contributed by atoms with Gasteiger partial charge in [-0.05, 0) is 49.4 Å². The highest BCUT2D eigenvalue weighted by atomic mass is 16.5. The van der Waals surface area contributed by atoms with Crippen LogP contribution in [0.3, 0.4) is 0 Å². The number of ether oxygens (including phenoxy) is 1. The smallest absolute Gasteiger partial charge is 0.312 e. The Balaban J connectivity index is 5.20. The molecule has 0 saturated carbocycles. The summed E-state index contributed by atoms with van der Waals surface area (Å²) < 4.78 is 5.59. The Bertz CT molecular complexity index is 362. The zero-order chi connectivity index (χ0) is 19.1. The Kier molecular flexibility index (Phi) is 10.2. The van der Waals surface area contributed by atoms with Crippen LogP contribution < -0.4 is 0 Å².